The van der Waals surface area contributed by atoms with Gasteiger partial charge in [0, 0.05) is 24.5 Å². The number of pyridine rings is 1. The summed E-state index contributed by atoms with van der Waals surface area (Å²) in [7, 11) is 0. The van der Waals surface area contributed by atoms with Gasteiger partial charge in [-0.2, -0.15) is 0 Å². The molecule has 0 aliphatic rings. The van der Waals surface area contributed by atoms with Crippen molar-refractivity contribution in [2.75, 3.05) is 6.54 Å². The van der Waals surface area contributed by atoms with E-state index in [9.17, 15) is 9.59 Å². The molecule has 0 aromatic carbocycles. The number of carbonyl (C=O) groups excluding carboxylic acids is 1. The normalized spacial score (nSPS) is 10.9. The molecule has 24 heavy (non-hydrogen) atoms. The van der Waals surface area contributed by atoms with Crippen LogP contribution in [0.15, 0.2) is 39.9 Å². The highest BCUT2D eigenvalue weighted by Crippen LogP contribution is 2.13. The quantitative estimate of drug-likeness (QED) is 0.720. The monoisotopic (exact) mass is 326 g/mol. The summed E-state index contributed by atoms with van der Waals surface area (Å²) in [6.45, 7) is 4.22. The second-order valence-corrected chi connectivity index (χ2v) is 5.57. The lowest BCUT2D eigenvalue weighted by Crippen LogP contribution is -2.32. The van der Waals surface area contributed by atoms with Crippen LogP contribution in [0.2, 0.25) is 0 Å². The molecule has 3 heterocycles. The fraction of sp³-hybridized carbons (Fsp3) is 0.294. The number of amides is 1. The summed E-state index contributed by atoms with van der Waals surface area (Å²) >= 11 is 0. The lowest BCUT2D eigenvalue weighted by molar-refractivity contribution is 0.0951. The van der Waals surface area contributed by atoms with Gasteiger partial charge in [0.05, 0.1) is 5.69 Å². The molecule has 124 valence electrons. The van der Waals surface area contributed by atoms with E-state index in [4.69, 9.17) is 4.52 Å². The minimum absolute atomic E-state index is 0.0380. The number of aromatic nitrogens is 3. The second kappa shape index (κ2) is 6.66. The highest BCUT2D eigenvalue weighted by Gasteiger charge is 2.13. The van der Waals surface area contributed by atoms with Crippen molar-refractivity contribution in [1.29, 1.82) is 0 Å². The van der Waals surface area contributed by atoms with Gasteiger partial charge >= 0.3 is 0 Å². The zero-order valence-electron chi connectivity index (χ0n) is 13.6. The summed E-state index contributed by atoms with van der Waals surface area (Å²) in [6, 6.07) is 5.23. The maximum Gasteiger partial charge on any atom is 0.270 e. The standard InChI is InChI=1S/C17H18N4O3/c1-11-13(12(2)24-20-11)6-5-8-18-16(22)14-10-19-15-7-3-4-9-21(15)17(14)23/h3-4,7,9-10H,5-6,8H2,1-2H3,(H,18,22). The molecule has 7 nitrogen and oxygen atoms in total. The largest absolute Gasteiger partial charge is 0.361 e. The first-order valence-corrected chi connectivity index (χ1v) is 7.74. The summed E-state index contributed by atoms with van der Waals surface area (Å²) in [5.74, 6) is 0.389. The molecule has 0 saturated heterocycles. The minimum Gasteiger partial charge on any atom is -0.361 e. The molecule has 0 fully saturated rings. The van der Waals surface area contributed by atoms with Crippen LogP contribution in [0.5, 0.6) is 0 Å². The predicted molar refractivity (Wildman–Crippen MR) is 88.1 cm³/mol. The summed E-state index contributed by atoms with van der Waals surface area (Å²) < 4.78 is 6.47. The van der Waals surface area contributed by atoms with Gasteiger partial charge < -0.3 is 9.84 Å². The number of aryl methyl sites for hydroxylation is 2. The van der Waals surface area contributed by atoms with Crippen molar-refractivity contribution < 1.29 is 9.32 Å². The lowest BCUT2D eigenvalue weighted by atomic mass is 10.1. The number of carbonyl (C=O) groups is 1. The molecule has 3 aromatic rings. The zero-order valence-corrected chi connectivity index (χ0v) is 13.6. The Labute approximate surface area is 138 Å². The lowest BCUT2D eigenvalue weighted by Gasteiger charge is -2.06. The Morgan fingerprint density at radius 2 is 2.17 bits per heavy atom. The first-order valence-electron chi connectivity index (χ1n) is 7.74. The predicted octanol–water partition coefficient (Wildman–Crippen LogP) is 1.66. The molecule has 0 spiro atoms. The molecule has 3 rings (SSSR count). The Hall–Kier alpha value is -2.96. The molecule has 0 bridgehead atoms. The van der Waals surface area contributed by atoms with E-state index in [1.807, 2.05) is 13.8 Å². The molecular weight excluding hydrogens is 308 g/mol. The summed E-state index contributed by atoms with van der Waals surface area (Å²) in [6.07, 6.45) is 4.41. The molecule has 0 atom stereocenters. The van der Waals surface area contributed by atoms with E-state index in [2.05, 4.69) is 15.5 Å². The van der Waals surface area contributed by atoms with Crippen molar-refractivity contribution in [3.8, 4) is 0 Å². The van der Waals surface area contributed by atoms with Gasteiger partial charge in [-0.15, -0.1) is 0 Å². The topological polar surface area (TPSA) is 89.5 Å². The summed E-state index contributed by atoms with van der Waals surface area (Å²) in [4.78, 5) is 28.7. The summed E-state index contributed by atoms with van der Waals surface area (Å²) in [5, 5.41) is 6.67. The molecule has 0 aliphatic carbocycles. The maximum absolute atomic E-state index is 12.3. The molecule has 1 amide bonds. The minimum atomic E-state index is -0.412. The van der Waals surface area contributed by atoms with Gasteiger partial charge in [0.1, 0.15) is 17.0 Å². The zero-order chi connectivity index (χ0) is 17.1. The Morgan fingerprint density at radius 3 is 2.92 bits per heavy atom. The Balaban J connectivity index is 1.63. The van der Waals surface area contributed by atoms with Crippen molar-refractivity contribution in [1.82, 2.24) is 19.9 Å². The Kier molecular flexibility index (Phi) is 4.41. The molecule has 0 aliphatic heterocycles. The molecule has 0 saturated carbocycles. The van der Waals surface area contributed by atoms with E-state index in [-0.39, 0.29) is 11.1 Å². The fourth-order valence-corrected chi connectivity index (χ4v) is 2.60. The third-order valence-electron chi connectivity index (χ3n) is 3.93. The smallest absolute Gasteiger partial charge is 0.270 e. The van der Waals surface area contributed by atoms with Gasteiger partial charge in [-0.1, -0.05) is 11.2 Å². The fourth-order valence-electron chi connectivity index (χ4n) is 2.60. The van der Waals surface area contributed by atoms with Gasteiger partial charge in [0.2, 0.25) is 0 Å². The van der Waals surface area contributed by atoms with Gasteiger partial charge in [-0.05, 0) is 38.8 Å². The van der Waals surface area contributed by atoms with Crippen LogP contribution >= 0.6 is 0 Å². The average molecular weight is 326 g/mol. The van der Waals surface area contributed by atoms with Crippen LogP contribution in [0.25, 0.3) is 5.65 Å². The van der Waals surface area contributed by atoms with E-state index in [0.717, 1.165) is 29.9 Å². The van der Waals surface area contributed by atoms with Crippen LogP contribution in [0.3, 0.4) is 0 Å². The second-order valence-electron chi connectivity index (χ2n) is 5.57. The number of rotatable bonds is 5. The molecule has 0 unspecified atom stereocenters. The first kappa shape index (κ1) is 15.9. The number of nitrogens with one attached hydrogen (secondary N) is 1. The number of nitrogens with zero attached hydrogens (tertiary/aromatic N) is 3. The number of hydrogen-bond acceptors (Lipinski definition) is 5. The van der Waals surface area contributed by atoms with E-state index in [0.29, 0.717) is 12.2 Å². The van der Waals surface area contributed by atoms with Crippen LogP contribution in [-0.2, 0) is 6.42 Å². The Bertz CT molecular complexity index is 923. The van der Waals surface area contributed by atoms with Crippen LogP contribution in [0, 0.1) is 13.8 Å². The highest BCUT2D eigenvalue weighted by molar-refractivity contribution is 5.93. The maximum atomic E-state index is 12.3. The Morgan fingerprint density at radius 1 is 1.33 bits per heavy atom. The summed E-state index contributed by atoms with van der Waals surface area (Å²) in [5.41, 5.74) is 2.12. The van der Waals surface area contributed by atoms with Gasteiger partial charge in [0.25, 0.3) is 11.5 Å². The van der Waals surface area contributed by atoms with E-state index < -0.39 is 5.91 Å². The average Bonchev–Trinajstić information content (AvgIpc) is 2.90. The van der Waals surface area contributed by atoms with Crippen LogP contribution in [-0.4, -0.2) is 27.0 Å². The van der Waals surface area contributed by atoms with E-state index in [1.165, 1.54) is 10.6 Å². The molecular formula is C17H18N4O3. The van der Waals surface area contributed by atoms with Gasteiger partial charge in [-0.25, -0.2) is 4.98 Å². The van der Waals surface area contributed by atoms with E-state index >= 15 is 0 Å². The molecule has 3 aromatic heterocycles. The van der Waals surface area contributed by atoms with Crippen LogP contribution in [0.1, 0.15) is 33.8 Å². The van der Waals surface area contributed by atoms with Gasteiger partial charge in [0.15, 0.2) is 0 Å². The van der Waals surface area contributed by atoms with Crippen LogP contribution in [0.4, 0.5) is 0 Å². The molecule has 1 N–H and O–H groups in total. The third kappa shape index (κ3) is 3.05. The third-order valence-corrected chi connectivity index (χ3v) is 3.93. The molecule has 7 heteroatoms. The number of hydrogen-bond donors (Lipinski definition) is 1. The number of fused-ring (bicyclic) bond motifs is 1. The van der Waals surface area contributed by atoms with Crippen molar-refractivity contribution in [3.63, 3.8) is 0 Å². The van der Waals surface area contributed by atoms with Crippen molar-refractivity contribution in [3.05, 3.63) is 63.5 Å². The van der Waals surface area contributed by atoms with Crippen LogP contribution < -0.4 is 10.9 Å². The van der Waals surface area contributed by atoms with Crippen molar-refractivity contribution >= 4 is 11.6 Å². The van der Waals surface area contributed by atoms with Crippen molar-refractivity contribution in [2.24, 2.45) is 0 Å². The van der Waals surface area contributed by atoms with Gasteiger partial charge in [-0.3, -0.25) is 14.0 Å². The SMILES string of the molecule is Cc1noc(C)c1CCCNC(=O)c1cnc2ccccn2c1=O. The highest BCUT2D eigenvalue weighted by atomic mass is 16.5. The first-order chi connectivity index (χ1) is 11.6. The van der Waals surface area contributed by atoms with Crippen molar-refractivity contribution in [2.45, 2.75) is 26.7 Å². The molecule has 0 radical (unpaired) electrons. The van der Waals surface area contributed by atoms with E-state index in [1.54, 1.807) is 24.4 Å².